The summed E-state index contributed by atoms with van der Waals surface area (Å²) in [7, 11) is 0. The molecule has 1 nitrogen and oxygen atoms in total. The Kier molecular flexibility index (Phi) is 4.90. The number of fused-ring (bicyclic) bond motifs is 3. The molecule has 0 N–H and O–H groups in total. The van der Waals surface area contributed by atoms with Crippen LogP contribution in [-0.4, -0.2) is 12.0 Å². The first kappa shape index (κ1) is 19.9. The van der Waals surface area contributed by atoms with Crippen molar-refractivity contribution in [2.75, 3.05) is 0 Å². The maximum atomic E-state index is 13.4. The lowest BCUT2D eigenvalue weighted by Crippen LogP contribution is -2.28. The molecule has 0 aromatic carbocycles. The highest BCUT2D eigenvalue weighted by atomic mass is 19.4. The monoisotopic (exact) mass is 376 g/mol. The Balaban J connectivity index is 2.27. The van der Waals surface area contributed by atoms with Gasteiger partial charge >= 0.3 is 6.18 Å². The van der Waals surface area contributed by atoms with Crippen molar-refractivity contribution < 1.29 is 18.0 Å². The predicted octanol–water partition coefficient (Wildman–Crippen LogP) is 6.81. The number of hydrogen-bond acceptors (Lipinski definition) is 1. The molecule has 0 aromatic rings. The number of Topliss-reactive ketones (excluding diaryl/α,β-unsaturated/α-hetero) is 1. The molecule has 3 aliphatic rings. The minimum absolute atomic E-state index is 0.0789. The molecule has 0 heterocycles. The van der Waals surface area contributed by atoms with Crippen molar-refractivity contribution in [3.63, 3.8) is 0 Å². The van der Waals surface area contributed by atoms with Gasteiger partial charge < -0.3 is 0 Å². The molecule has 0 saturated heterocycles. The molecule has 3 aliphatic carbocycles. The Labute approximate surface area is 159 Å². The Morgan fingerprint density at radius 2 is 1.74 bits per heavy atom. The van der Waals surface area contributed by atoms with Crippen LogP contribution in [0.1, 0.15) is 74.0 Å². The van der Waals surface area contributed by atoms with Gasteiger partial charge in [0.05, 0.1) is 0 Å². The molecule has 4 heteroatoms. The predicted molar refractivity (Wildman–Crippen MR) is 103 cm³/mol. The summed E-state index contributed by atoms with van der Waals surface area (Å²) in [6.45, 7) is 10.5. The van der Waals surface area contributed by atoms with Gasteiger partial charge in [0.15, 0.2) is 0 Å². The maximum absolute atomic E-state index is 13.4. The smallest absolute Gasteiger partial charge is 0.284 e. The van der Waals surface area contributed by atoms with Crippen LogP contribution in [0, 0.1) is 11.3 Å². The average molecular weight is 376 g/mol. The zero-order valence-electron chi connectivity index (χ0n) is 16.6. The first-order valence-electron chi connectivity index (χ1n) is 9.60. The van der Waals surface area contributed by atoms with E-state index in [1.807, 2.05) is 32.0 Å². The van der Waals surface area contributed by atoms with Gasteiger partial charge in [0, 0.05) is 5.56 Å². The van der Waals surface area contributed by atoms with E-state index in [-0.39, 0.29) is 16.9 Å². The van der Waals surface area contributed by atoms with E-state index < -0.39 is 12.0 Å². The van der Waals surface area contributed by atoms with Crippen molar-refractivity contribution in [3.8, 4) is 11.1 Å². The van der Waals surface area contributed by atoms with Crippen LogP contribution in [0.15, 0.2) is 24.3 Å². The van der Waals surface area contributed by atoms with E-state index in [4.69, 9.17) is 0 Å². The Morgan fingerprint density at radius 1 is 1.07 bits per heavy atom. The van der Waals surface area contributed by atoms with E-state index in [1.54, 1.807) is 6.07 Å². The lowest BCUT2D eigenvalue weighted by molar-refractivity contribution is -0.0885. The maximum Gasteiger partial charge on any atom is 0.454 e. The standard InChI is InChI=1S/C23H27F3O/c1-13(2)14-7-6-8-16-18-12-15(22(3,4)5)9-10-17(18)20(19(16)11-14)21(27)23(24,25)26/h6-8,11,13,15H,9-10,12H2,1-5H3. The fourth-order valence-electron chi connectivity index (χ4n) is 4.26. The van der Waals surface area contributed by atoms with Gasteiger partial charge in [-0.15, -0.1) is 0 Å². The lowest BCUT2D eigenvalue weighted by atomic mass is 9.71. The summed E-state index contributed by atoms with van der Waals surface area (Å²) in [6, 6.07) is 7.52. The zero-order valence-corrected chi connectivity index (χ0v) is 16.6. The molecule has 1 atom stereocenters. The van der Waals surface area contributed by atoms with Crippen molar-refractivity contribution >= 4 is 5.78 Å². The first-order valence-corrected chi connectivity index (χ1v) is 9.60. The Hall–Kier alpha value is -1.84. The van der Waals surface area contributed by atoms with Gasteiger partial charge in [-0.2, -0.15) is 13.2 Å². The quantitative estimate of drug-likeness (QED) is 0.526. The molecule has 0 radical (unpaired) electrons. The Bertz CT molecular complexity index is 840. The summed E-state index contributed by atoms with van der Waals surface area (Å²) in [5, 5.41) is 0. The van der Waals surface area contributed by atoms with E-state index >= 15 is 0 Å². The second-order valence-corrected chi connectivity index (χ2v) is 9.12. The largest absolute Gasteiger partial charge is 0.454 e. The molecular formula is C23H27F3O. The highest BCUT2D eigenvalue weighted by Gasteiger charge is 2.45. The molecule has 3 rings (SSSR count). The second-order valence-electron chi connectivity index (χ2n) is 9.12. The van der Waals surface area contributed by atoms with Crippen molar-refractivity contribution in [1.29, 1.82) is 0 Å². The third-order valence-corrected chi connectivity index (χ3v) is 5.98. The van der Waals surface area contributed by atoms with Crippen molar-refractivity contribution in [1.82, 2.24) is 0 Å². The molecule has 1 unspecified atom stereocenters. The van der Waals surface area contributed by atoms with Crippen molar-refractivity contribution in [2.45, 2.75) is 66.0 Å². The molecule has 0 aliphatic heterocycles. The molecular weight excluding hydrogens is 349 g/mol. The topological polar surface area (TPSA) is 17.1 Å². The second kappa shape index (κ2) is 6.65. The van der Waals surface area contributed by atoms with Gasteiger partial charge in [0.25, 0.3) is 5.78 Å². The number of alkyl halides is 3. The fraction of sp³-hybridized carbons (Fsp3) is 0.522. The SMILES string of the molecule is CC(C)c1cccc2c3c(c(C(=O)C(F)(F)F)c-2c1)CCC(C(C)(C)C)C3. The zero-order chi connectivity index (χ0) is 20.1. The number of carbonyl (C=O) groups excluding carboxylic acids is 1. The van der Waals surface area contributed by atoms with Gasteiger partial charge in [-0.3, -0.25) is 4.79 Å². The van der Waals surface area contributed by atoms with Gasteiger partial charge in [-0.05, 0) is 64.3 Å². The number of halogens is 3. The number of hydrogen-bond donors (Lipinski definition) is 0. The summed E-state index contributed by atoms with van der Waals surface area (Å²) in [5.41, 5.74) is 3.73. The summed E-state index contributed by atoms with van der Waals surface area (Å²) >= 11 is 0. The molecule has 0 saturated carbocycles. The molecule has 0 aromatic heterocycles. The van der Waals surface area contributed by atoms with Gasteiger partial charge in [0.1, 0.15) is 0 Å². The van der Waals surface area contributed by atoms with Crippen LogP contribution in [0.2, 0.25) is 0 Å². The van der Waals surface area contributed by atoms with Crippen LogP contribution in [-0.2, 0) is 12.8 Å². The van der Waals surface area contributed by atoms with Crippen molar-refractivity contribution in [3.05, 3.63) is 46.5 Å². The van der Waals surface area contributed by atoms with Crippen LogP contribution in [0.25, 0.3) is 11.1 Å². The Morgan fingerprint density at radius 3 is 2.30 bits per heavy atom. The average Bonchev–Trinajstić information content (AvgIpc) is 2.69. The summed E-state index contributed by atoms with van der Waals surface area (Å²) in [5.74, 6) is -1.15. The molecule has 146 valence electrons. The number of carbonyl (C=O) groups is 1. The van der Waals surface area contributed by atoms with Gasteiger partial charge in [0.2, 0.25) is 0 Å². The first-order chi connectivity index (χ1) is 12.4. The van der Waals surface area contributed by atoms with E-state index in [9.17, 15) is 18.0 Å². The summed E-state index contributed by atoms with van der Waals surface area (Å²) in [6.07, 6.45) is -2.79. The van der Waals surface area contributed by atoms with E-state index in [1.165, 1.54) is 0 Å². The minimum Gasteiger partial charge on any atom is -0.284 e. The molecule has 0 bridgehead atoms. The van der Waals surface area contributed by atoms with Gasteiger partial charge in [-0.25, -0.2) is 0 Å². The number of ketones is 1. The van der Waals surface area contributed by atoms with Crippen LogP contribution >= 0.6 is 0 Å². The van der Waals surface area contributed by atoms with E-state index in [0.29, 0.717) is 23.5 Å². The highest BCUT2D eigenvalue weighted by molar-refractivity contribution is 6.09. The summed E-state index contributed by atoms with van der Waals surface area (Å²) in [4.78, 5) is 12.3. The van der Waals surface area contributed by atoms with Crippen LogP contribution in [0.3, 0.4) is 0 Å². The minimum atomic E-state index is -4.86. The fourth-order valence-corrected chi connectivity index (χ4v) is 4.26. The molecule has 0 fully saturated rings. The lowest BCUT2D eigenvalue weighted by Gasteiger charge is -2.34. The normalized spacial score (nSPS) is 18.0. The van der Waals surface area contributed by atoms with Crippen LogP contribution in [0.5, 0.6) is 0 Å². The third-order valence-electron chi connectivity index (χ3n) is 5.98. The highest BCUT2D eigenvalue weighted by Crippen LogP contribution is 2.47. The molecule has 0 spiro atoms. The van der Waals surface area contributed by atoms with Crippen LogP contribution in [0.4, 0.5) is 13.2 Å². The third kappa shape index (κ3) is 3.63. The molecule has 0 amide bonds. The van der Waals surface area contributed by atoms with E-state index in [2.05, 4.69) is 20.8 Å². The van der Waals surface area contributed by atoms with Crippen molar-refractivity contribution in [2.24, 2.45) is 11.3 Å². The van der Waals surface area contributed by atoms with E-state index in [0.717, 1.165) is 29.5 Å². The number of rotatable bonds is 2. The van der Waals surface area contributed by atoms with Gasteiger partial charge in [-0.1, -0.05) is 58.9 Å². The van der Waals surface area contributed by atoms with Crippen LogP contribution < -0.4 is 0 Å². The molecule has 27 heavy (non-hydrogen) atoms. The summed E-state index contributed by atoms with van der Waals surface area (Å²) < 4.78 is 40.1.